The first kappa shape index (κ1) is 16.0. The number of hydrogen-bond acceptors (Lipinski definition) is 4. The lowest BCUT2D eigenvalue weighted by Crippen LogP contribution is -2.29. The van der Waals surface area contributed by atoms with Crippen LogP contribution in [0.3, 0.4) is 0 Å². The summed E-state index contributed by atoms with van der Waals surface area (Å²) in [5, 5.41) is 2.87. The van der Waals surface area contributed by atoms with Crippen molar-refractivity contribution >= 4 is 38.9 Å². The van der Waals surface area contributed by atoms with Gasteiger partial charge in [0.1, 0.15) is 5.75 Å². The lowest BCUT2D eigenvalue weighted by atomic mass is 10.3. The Hall–Kier alpha value is -1.37. The number of benzene rings is 1. The Bertz CT molecular complexity index is 615. The third kappa shape index (κ3) is 4.84. The van der Waals surface area contributed by atoms with Crippen LogP contribution in [0.4, 0.5) is 5.69 Å². The van der Waals surface area contributed by atoms with E-state index in [-0.39, 0.29) is 5.91 Å². The third-order valence-electron chi connectivity index (χ3n) is 2.85. The van der Waals surface area contributed by atoms with Gasteiger partial charge in [-0.25, -0.2) is 0 Å². The molecule has 21 heavy (non-hydrogen) atoms. The fraction of sp³-hybridized carbons (Fsp3) is 0.267. The minimum absolute atomic E-state index is 0.0578. The molecule has 112 valence electrons. The fourth-order valence-corrected chi connectivity index (χ4v) is 3.50. The fourth-order valence-electron chi connectivity index (χ4n) is 1.94. The highest BCUT2D eigenvalue weighted by Crippen LogP contribution is 2.24. The van der Waals surface area contributed by atoms with Crippen molar-refractivity contribution < 1.29 is 9.53 Å². The predicted molar refractivity (Wildman–Crippen MR) is 90.0 cm³/mol. The van der Waals surface area contributed by atoms with Crippen LogP contribution in [0.5, 0.6) is 5.75 Å². The smallest absolute Gasteiger partial charge is 0.238 e. The van der Waals surface area contributed by atoms with Crippen LogP contribution in [0.2, 0.25) is 0 Å². The molecule has 0 bridgehead atoms. The van der Waals surface area contributed by atoms with Crippen LogP contribution in [-0.4, -0.2) is 31.5 Å². The zero-order chi connectivity index (χ0) is 15.2. The number of halogens is 1. The van der Waals surface area contributed by atoms with Gasteiger partial charge in [-0.05, 0) is 47.2 Å². The molecule has 1 heterocycles. The van der Waals surface area contributed by atoms with Gasteiger partial charge in [0.2, 0.25) is 5.91 Å². The maximum atomic E-state index is 12.1. The second-order valence-corrected chi connectivity index (χ2v) is 7.17. The maximum absolute atomic E-state index is 12.1. The Balaban J connectivity index is 1.89. The van der Waals surface area contributed by atoms with Crippen molar-refractivity contribution in [1.29, 1.82) is 0 Å². The van der Waals surface area contributed by atoms with E-state index in [0.717, 1.165) is 10.3 Å². The molecular weight excluding hydrogens is 352 g/mol. The molecule has 1 amide bonds. The standard InChI is InChI=1S/C15H17BrN2O2S/c1-18(9-11-7-8-14(16)21-11)10-15(19)17-12-5-3-4-6-13(12)20-2/h3-8H,9-10H2,1-2H3,(H,17,19). The number of nitrogens with one attached hydrogen (secondary N) is 1. The molecule has 0 fully saturated rings. The van der Waals surface area contributed by atoms with Gasteiger partial charge in [0.05, 0.1) is 23.1 Å². The van der Waals surface area contributed by atoms with Crippen LogP contribution in [-0.2, 0) is 11.3 Å². The van der Waals surface area contributed by atoms with E-state index in [1.807, 2.05) is 42.3 Å². The lowest BCUT2D eigenvalue weighted by molar-refractivity contribution is -0.117. The Morgan fingerprint density at radius 2 is 2.10 bits per heavy atom. The van der Waals surface area contributed by atoms with E-state index in [9.17, 15) is 4.79 Å². The zero-order valence-corrected chi connectivity index (χ0v) is 14.3. The largest absolute Gasteiger partial charge is 0.495 e. The van der Waals surface area contributed by atoms with Gasteiger partial charge in [0, 0.05) is 11.4 Å². The van der Waals surface area contributed by atoms with Crippen molar-refractivity contribution in [3.8, 4) is 5.75 Å². The summed E-state index contributed by atoms with van der Waals surface area (Å²) in [5.41, 5.74) is 0.692. The summed E-state index contributed by atoms with van der Waals surface area (Å²) in [5.74, 6) is 0.605. The number of anilines is 1. The van der Waals surface area contributed by atoms with Crippen LogP contribution in [0.1, 0.15) is 4.88 Å². The first-order valence-corrected chi connectivity index (χ1v) is 8.05. The molecule has 1 aromatic heterocycles. The van der Waals surface area contributed by atoms with Gasteiger partial charge in [-0.1, -0.05) is 12.1 Å². The number of hydrogen-bond donors (Lipinski definition) is 1. The van der Waals surface area contributed by atoms with E-state index in [0.29, 0.717) is 18.0 Å². The molecule has 2 aromatic rings. The molecule has 0 radical (unpaired) electrons. The Morgan fingerprint density at radius 1 is 1.33 bits per heavy atom. The highest BCUT2D eigenvalue weighted by molar-refractivity contribution is 9.11. The zero-order valence-electron chi connectivity index (χ0n) is 11.9. The van der Waals surface area contributed by atoms with Crippen LogP contribution >= 0.6 is 27.3 Å². The van der Waals surface area contributed by atoms with Gasteiger partial charge in [0.25, 0.3) is 0 Å². The number of rotatable bonds is 6. The molecule has 0 saturated heterocycles. The number of carbonyl (C=O) groups excluding carboxylic acids is 1. The Kier molecular flexibility index (Phi) is 5.78. The van der Waals surface area contributed by atoms with Gasteiger partial charge >= 0.3 is 0 Å². The normalized spacial score (nSPS) is 10.7. The highest BCUT2D eigenvalue weighted by Gasteiger charge is 2.10. The molecule has 6 heteroatoms. The predicted octanol–water partition coefficient (Wildman–Crippen LogP) is 3.59. The van der Waals surface area contributed by atoms with Crippen LogP contribution < -0.4 is 10.1 Å². The summed E-state index contributed by atoms with van der Waals surface area (Å²) in [6, 6.07) is 11.5. The number of methoxy groups -OCH3 is 1. The number of carbonyl (C=O) groups is 1. The van der Waals surface area contributed by atoms with Crippen molar-refractivity contribution in [3.05, 3.63) is 45.1 Å². The molecule has 0 atom stereocenters. The van der Waals surface area contributed by atoms with Crippen molar-refractivity contribution in [2.75, 3.05) is 26.0 Å². The first-order chi connectivity index (χ1) is 10.1. The molecule has 0 aliphatic carbocycles. The summed E-state index contributed by atoms with van der Waals surface area (Å²) in [6.07, 6.45) is 0. The van der Waals surface area contributed by atoms with E-state index in [1.165, 1.54) is 4.88 Å². The summed E-state index contributed by atoms with van der Waals surface area (Å²) >= 11 is 5.12. The molecular formula is C15H17BrN2O2S. The summed E-state index contributed by atoms with van der Waals surface area (Å²) in [4.78, 5) is 15.3. The second kappa shape index (κ2) is 7.59. The van der Waals surface area contributed by atoms with Crippen LogP contribution in [0.15, 0.2) is 40.2 Å². The summed E-state index contributed by atoms with van der Waals surface area (Å²) in [7, 11) is 3.52. The van der Waals surface area contributed by atoms with Gasteiger partial charge in [-0.2, -0.15) is 0 Å². The maximum Gasteiger partial charge on any atom is 0.238 e. The first-order valence-electron chi connectivity index (χ1n) is 6.44. The van der Waals surface area contributed by atoms with E-state index >= 15 is 0 Å². The van der Waals surface area contributed by atoms with Crippen LogP contribution in [0.25, 0.3) is 0 Å². The monoisotopic (exact) mass is 368 g/mol. The third-order valence-corrected chi connectivity index (χ3v) is 4.46. The molecule has 4 nitrogen and oxygen atoms in total. The van der Waals surface area contributed by atoms with Gasteiger partial charge in [-0.3, -0.25) is 9.69 Å². The van der Waals surface area contributed by atoms with Crippen molar-refractivity contribution in [3.63, 3.8) is 0 Å². The average molecular weight is 369 g/mol. The van der Waals surface area contributed by atoms with E-state index in [1.54, 1.807) is 18.4 Å². The molecule has 2 rings (SSSR count). The summed E-state index contributed by atoms with van der Waals surface area (Å²) in [6.45, 7) is 1.07. The van der Waals surface area contributed by atoms with E-state index < -0.39 is 0 Å². The van der Waals surface area contributed by atoms with Crippen molar-refractivity contribution in [2.24, 2.45) is 0 Å². The second-order valence-electron chi connectivity index (χ2n) is 4.63. The Labute approximate surface area is 136 Å². The number of para-hydroxylation sites is 2. The molecule has 0 unspecified atom stereocenters. The minimum Gasteiger partial charge on any atom is -0.495 e. The van der Waals surface area contributed by atoms with E-state index in [2.05, 4.69) is 27.3 Å². The van der Waals surface area contributed by atoms with Gasteiger partial charge < -0.3 is 10.1 Å². The highest BCUT2D eigenvalue weighted by atomic mass is 79.9. The number of thiophene rings is 1. The minimum atomic E-state index is -0.0578. The van der Waals surface area contributed by atoms with Crippen LogP contribution in [0, 0.1) is 0 Å². The molecule has 0 spiro atoms. The number of amides is 1. The number of nitrogens with zero attached hydrogens (tertiary/aromatic N) is 1. The topological polar surface area (TPSA) is 41.6 Å². The van der Waals surface area contributed by atoms with Gasteiger partial charge in [-0.15, -0.1) is 11.3 Å². The van der Waals surface area contributed by atoms with Crippen molar-refractivity contribution in [1.82, 2.24) is 4.90 Å². The molecule has 0 aliphatic rings. The average Bonchev–Trinajstić information content (AvgIpc) is 2.84. The van der Waals surface area contributed by atoms with Crippen molar-refractivity contribution in [2.45, 2.75) is 6.54 Å². The SMILES string of the molecule is COc1ccccc1NC(=O)CN(C)Cc1ccc(Br)s1. The number of ether oxygens (including phenoxy) is 1. The van der Waals surface area contributed by atoms with E-state index in [4.69, 9.17) is 4.74 Å². The molecule has 1 aromatic carbocycles. The van der Waals surface area contributed by atoms with Gasteiger partial charge in [0.15, 0.2) is 0 Å². The molecule has 0 aliphatic heterocycles. The lowest BCUT2D eigenvalue weighted by Gasteiger charge is -2.16. The molecule has 0 saturated carbocycles. The quantitative estimate of drug-likeness (QED) is 0.846. The summed E-state index contributed by atoms with van der Waals surface area (Å²) < 4.78 is 6.32. The molecule has 1 N–H and O–H groups in total. The Morgan fingerprint density at radius 3 is 2.76 bits per heavy atom. The number of likely N-dealkylation sites (N-methyl/N-ethyl adjacent to an activating group) is 1.